The van der Waals surface area contributed by atoms with E-state index < -0.39 is 10.0 Å². The molecule has 0 aliphatic carbocycles. The zero-order chi connectivity index (χ0) is 27.1. The lowest BCUT2D eigenvalue weighted by molar-refractivity contribution is 0.148. The van der Waals surface area contributed by atoms with Crippen molar-refractivity contribution in [3.63, 3.8) is 0 Å². The number of rotatable bonds is 7. The molecule has 1 saturated heterocycles. The number of anilines is 2. The highest BCUT2D eigenvalue weighted by Gasteiger charge is 2.28. The maximum atomic E-state index is 13.1. The standard InChI is InChI=1S/C30H34BrN3O2S2/c1-30(2,24-7-5-6-22(16-24)21-33-13-11-32(3)12-14-33)25-18-26(31)20-28(19-25)34(38(4,35)36)27-8-9-29-23(17-27)10-15-37-29/h5-10,15-20H,11-14,21H2,1-4H3. The summed E-state index contributed by atoms with van der Waals surface area (Å²) >= 11 is 5.32. The van der Waals surface area contributed by atoms with E-state index in [0.717, 1.165) is 52.8 Å². The second-order valence-electron chi connectivity index (χ2n) is 10.8. The Morgan fingerprint density at radius 2 is 1.68 bits per heavy atom. The molecule has 1 aliphatic rings. The van der Waals surface area contributed by atoms with E-state index in [1.165, 1.54) is 21.7 Å². The molecule has 0 atom stereocenters. The largest absolute Gasteiger partial charge is 0.304 e. The van der Waals surface area contributed by atoms with Gasteiger partial charge in [-0.05, 0) is 77.0 Å². The fourth-order valence-corrected chi connectivity index (χ4v) is 7.39. The minimum atomic E-state index is -3.59. The van der Waals surface area contributed by atoms with Crippen LogP contribution in [0.3, 0.4) is 0 Å². The number of nitrogens with zero attached hydrogens (tertiary/aromatic N) is 3. The van der Waals surface area contributed by atoms with Crippen molar-refractivity contribution in [3.8, 4) is 0 Å². The first-order valence-electron chi connectivity index (χ1n) is 12.8. The summed E-state index contributed by atoms with van der Waals surface area (Å²) in [5.41, 5.74) is 4.47. The first-order chi connectivity index (χ1) is 18.0. The van der Waals surface area contributed by atoms with Gasteiger partial charge >= 0.3 is 0 Å². The van der Waals surface area contributed by atoms with Crippen LogP contribution in [0.25, 0.3) is 10.1 Å². The highest BCUT2D eigenvalue weighted by molar-refractivity contribution is 9.10. The predicted octanol–water partition coefficient (Wildman–Crippen LogP) is 6.83. The molecule has 5 nitrogen and oxygen atoms in total. The van der Waals surface area contributed by atoms with Gasteiger partial charge in [0.1, 0.15) is 0 Å². The Kier molecular flexibility index (Phi) is 7.73. The van der Waals surface area contributed by atoms with Crippen molar-refractivity contribution >= 4 is 58.8 Å². The average Bonchev–Trinajstić information content (AvgIpc) is 3.33. The number of piperazine rings is 1. The Morgan fingerprint density at radius 1 is 0.921 bits per heavy atom. The summed E-state index contributed by atoms with van der Waals surface area (Å²) in [5, 5.41) is 3.06. The lowest BCUT2D eigenvalue weighted by Gasteiger charge is -2.33. The van der Waals surface area contributed by atoms with Crippen molar-refractivity contribution in [3.05, 3.63) is 93.3 Å². The summed E-state index contributed by atoms with van der Waals surface area (Å²) in [7, 11) is -1.41. The van der Waals surface area contributed by atoms with Gasteiger partial charge in [0.25, 0.3) is 0 Å². The van der Waals surface area contributed by atoms with Crippen LogP contribution in [0.2, 0.25) is 0 Å². The van der Waals surface area contributed by atoms with Crippen molar-refractivity contribution in [2.75, 3.05) is 43.8 Å². The Hall–Kier alpha value is -2.23. The molecule has 4 aromatic rings. The van der Waals surface area contributed by atoms with Gasteiger partial charge in [-0.2, -0.15) is 0 Å². The van der Waals surface area contributed by atoms with Crippen LogP contribution >= 0.6 is 27.3 Å². The molecule has 5 rings (SSSR count). The number of benzene rings is 3. The smallest absolute Gasteiger partial charge is 0.236 e. The van der Waals surface area contributed by atoms with Gasteiger partial charge in [-0.15, -0.1) is 11.3 Å². The third-order valence-electron chi connectivity index (χ3n) is 7.49. The topological polar surface area (TPSA) is 43.9 Å². The molecule has 0 saturated carbocycles. The van der Waals surface area contributed by atoms with Crippen LogP contribution in [-0.4, -0.2) is 57.7 Å². The summed E-state index contributed by atoms with van der Waals surface area (Å²) in [6.45, 7) is 9.71. The summed E-state index contributed by atoms with van der Waals surface area (Å²) < 4.78 is 29.6. The maximum absolute atomic E-state index is 13.1. The number of fused-ring (bicyclic) bond motifs is 1. The second-order valence-corrected chi connectivity index (χ2v) is 14.5. The monoisotopic (exact) mass is 611 g/mol. The summed E-state index contributed by atoms with van der Waals surface area (Å²) in [4.78, 5) is 4.89. The van der Waals surface area contributed by atoms with Crippen molar-refractivity contribution in [1.82, 2.24) is 9.80 Å². The third kappa shape index (κ3) is 5.84. The van der Waals surface area contributed by atoms with Gasteiger partial charge in [0, 0.05) is 47.3 Å². The van der Waals surface area contributed by atoms with Crippen LogP contribution in [0.4, 0.5) is 11.4 Å². The van der Waals surface area contributed by atoms with Gasteiger partial charge in [0.05, 0.1) is 17.6 Å². The normalized spacial score (nSPS) is 15.7. The number of hydrogen-bond acceptors (Lipinski definition) is 5. The molecular weight excluding hydrogens is 578 g/mol. The average molecular weight is 613 g/mol. The second kappa shape index (κ2) is 10.7. The Labute approximate surface area is 238 Å². The van der Waals surface area contributed by atoms with Crippen molar-refractivity contribution in [2.24, 2.45) is 0 Å². The summed E-state index contributed by atoms with van der Waals surface area (Å²) in [5.74, 6) is 0. The maximum Gasteiger partial charge on any atom is 0.236 e. The predicted molar refractivity (Wildman–Crippen MR) is 164 cm³/mol. The van der Waals surface area contributed by atoms with Gasteiger partial charge in [-0.1, -0.05) is 54.0 Å². The molecule has 0 spiro atoms. The molecule has 0 unspecified atom stereocenters. The summed E-state index contributed by atoms with van der Waals surface area (Å²) in [6.07, 6.45) is 1.26. The number of halogens is 1. The Morgan fingerprint density at radius 3 is 2.42 bits per heavy atom. The highest BCUT2D eigenvalue weighted by Crippen LogP contribution is 2.39. The van der Waals surface area contributed by atoms with E-state index in [1.54, 1.807) is 11.3 Å². The van der Waals surface area contributed by atoms with Crippen LogP contribution in [-0.2, 0) is 22.0 Å². The first kappa shape index (κ1) is 27.3. The van der Waals surface area contributed by atoms with Crippen molar-refractivity contribution in [1.29, 1.82) is 0 Å². The molecule has 1 fully saturated rings. The van der Waals surface area contributed by atoms with Gasteiger partial charge in [-0.3, -0.25) is 4.90 Å². The molecule has 0 N–H and O–H groups in total. The molecule has 8 heteroatoms. The fourth-order valence-electron chi connectivity index (χ4n) is 5.15. The Bertz CT molecular complexity index is 1560. The summed E-state index contributed by atoms with van der Waals surface area (Å²) in [6, 6.07) is 22.6. The fraction of sp³-hybridized carbons (Fsp3) is 0.333. The van der Waals surface area contributed by atoms with Gasteiger partial charge in [-0.25, -0.2) is 12.7 Å². The van der Waals surface area contributed by atoms with Gasteiger partial charge in [0.15, 0.2) is 0 Å². The molecule has 0 bridgehead atoms. The number of likely N-dealkylation sites (N-methyl/N-ethyl adjacent to an activating group) is 1. The molecule has 200 valence electrons. The van der Waals surface area contributed by atoms with Crippen molar-refractivity contribution < 1.29 is 8.42 Å². The molecular formula is C30H34BrN3O2S2. The minimum Gasteiger partial charge on any atom is -0.304 e. The Balaban J connectivity index is 1.50. The molecule has 0 radical (unpaired) electrons. The zero-order valence-electron chi connectivity index (χ0n) is 22.3. The third-order valence-corrected chi connectivity index (χ3v) is 9.93. The van der Waals surface area contributed by atoms with E-state index in [0.29, 0.717) is 11.4 Å². The molecule has 1 aromatic heterocycles. The lowest BCUT2D eigenvalue weighted by Crippen LogP contribution is -2.43. The minimum absolute atomic E-state index is 0.336. The number of sulfonamides is 1. The molecule has 2 heterocycles. The van der Waals surface area contributed by atoms with Crippen molar-refractivity contribution in [2.45, 2.75) is 25.8 Å². The van der Waals surface area contributed by atoms with Gasteiger partial charge < -0.3 is 4.90 Å². The van der Waals surface area contributed by atoms with Crippen LogP contribution in [0.1, 0.15) is 30.5 Å². The van der Waals surface area contributed by atoms with E-state index in [9.17, 15) is 8.42 Å². The van der Waals surface area contributed by atoms with E-state index in [-0.39, 0.29) is 5.41 Å². The van der Waals surface area contributed by atoms with Crippen LogP contribution < -0.4 is 4.31 Å². The van der Waals surface area contributed by atoms with E-state index in [4.69, 9.17) is 0 Å². The molecule has 3 aromatic carbocycles. The first-order valence-corrected chi connectivity index (χ1v) is 16.3. The molecule has 38 heavy (non-hydrogen) atoms. The zero-order valence-corrected chi connectivity index (χ0v) is 25.5. The van der Waals surface area contributed by atoms with E-state index in [2.05, 4.69) is 77.0 Å². The lowest BCUT2D eigenvalue weighted by atomic mass is 9.77. The molecule has 1 aliphatic heterocycles. The van der Waals surface area contributed by atoms with Crippen LogP contribution in [0.15, 0.2) is 76.6 Å². The SMILES string of the molecule is CN1CCN(Cc2cccc(C(C)(C)c3cc(Br)cc(N(c4ccc5sccc5c4)S(C)(=O)=O)c3)c2)CC1. The number of hydrogen-bond donors (Lipinski definition) is 0. The van der Waals surface area contributed by atoms with E-state index >= 15 is 0 Å². The quantitative estimate of drug-likeness (QED) is 0.230. The number of thiophene rings is 1. The van der Waals surface area contributed by atoms with Crippen LogP contribution in [0.5, 0.6) is 0 Å². The highest BCUT2D eigenvalue weighted by atomic mass is 79.9. The van der Waals surface area contributed by atoms with Gasteiger partial charge in [0.2, 0.25) is 10.0 Å². The molecule has 0 amide bonds. The van der Waals surface area contributed by atoms with E-state index in [1.807, 2.05) is 41.8 Å². The van der Waals surface area contributed by atoms with Crippen LogP contribution in [0, 0.1) is 0 Å².